The zero-order valence-electron chi connectivity index (χ0n) is 14.0. The molecule has 0 atom stereocenters. The standard InChI is InChI=1S/C18H10Cl3F3N2O2/c1-25-15(9-2-5-11(19)6-3-9)16(26(27)28)14(17(25)18(22,23)24)10-4-7-12(20)13(21)8-10/h2-8H,1H3. The first-order valence-electron chi connectivity index (χ1n) is 7.68. The second-order valence-corrected chi connectivity index (χ2v) is 7.12. The molecule has 0 saturated heterocycles. The Bertz CT molecular complexity index is 1080. The van der Waals surface area contributed by atoms with Crippen LogP contribution in [0.4, 0.5) is 18.9 Å². The van der Waals surface area contributed by atoms with Gasteiger partial charge in [0, 0.05) is 17.6 Å². The van der Waals surface area contributed by atoms with Gasteiger partial charge in [-0.2, -0.15) is 13.2 Å². The molecular weight excluding hydrogens is 440 g/mol. The van der Waals surface area contributed by atoms with E-state index in [9.17, 15) is 23.3 Å². The first-order valence-corrected chi connectivity index (χ1v) is 8.81. The van der Waals surface area contributed by atoms with E-state index in [0.717, 1.165) is 11.6 Å². The number of aromatic nitrogens is 1. The number of halogens is 6. The predicted molar refractivity (Wildman–Crippen MR) is 103 cm³/mol. The van der Waals surface area contributed by atoms with Crippen molar-refractivity contribution in [3.8, 4) is 22.4 Å². The van der Waals surface area contributed by atoms with Crippen molar-refractivity contribution >= 4 is 40.5 Å². The van der Waals surface area contributed by atoms with Crippen LogP contribution in [0.25, 0.3) is 22.4 Å². The molecule has 0 aliphatic heterocycles. The summed E-state index contributed by atoms with van der Waals surface area (Å²) in [5.41, 5.74) is -2.48. The van der Waals surface area contributed by atoms with Crippen LogP contribution in [0.2, 0.25) is 15.1 Å². The van der Waals surface area contributed by atoms with Gasteiger partial charge >= 0.3 is 11.9 Å². The van der Waals surface area contributed by atoms with Crippen LogP contribution in [-0.2, 0) is 13.2 Å². The van der Waals surface area contributed by atoms with E-state index in [4.69, 9.17) is 34.8 Å². The third-order valence-electron chi connectivity index (χ3n) is 4.15. The van der Waals surface area contributed by atoms with Crippen LogP contribution in [0.3, 0.4) is 0 Å². The van der Waals surface area contributed by atoms with Gasteiger partial charge < -0.3 is 4.57 Å². The van der Waals surface area contributed by atoms with Crippen molar-refractivity contribution < 1.29 is 18.1 Å². The lowest BCUT2D eigenvalue weighted by Crippen LogP contribution is -2.13. The summed E-state index contributed by atoms with van der Waals surface area (Å²) in [6.07, 6.45) is -4.86. The van der Waals surface area contributed by atoms with Crippen molar-refractivity contribution in [1.82, 2.24) is 4.57 Å². The largest absolute Gasteiger partial charge is 0.432 e. The summed E-state index contributed by atoms with van der Waals surface area (Å²) in [7, 11) is 1.13. The highest BCUT2D eigenvalue weighted by Crippen LogP contribution is 2.49. The molecule has 0 saturated carbocycles. The molecule has 0 unspecified atom stereocenters. The third kappa shape index (κ3) is 3.57. The summed E-state index contributed by atoms with van der Waals surface area (Å²) < 4.78 is 42.4. The van der Waals surface area contributed by atoms with Crippen molar-refractivity contribution in [2.45, 2.75) is 6.18 Å². The fourth-order valence-electron chi connectivity index (χ4n) is 3.04. The Labute approximate surface area is 172 Å². The second kappa shape index (κ2) is 7.31. The number of nitrogens with zero attached hydrogens (tertiary/aromatic N) is 2. The van der Waals surface area contributed by atoms with Crippen LogP contribution in [0.5, 0.6) is 0 Å². The monoisotopic (exact) mass is 448 g/mol. The Balaban J connectivity index is 2.46. The summed E-state index contributed by atoms with van der Waals surface area (Å²) in [4.78, 5) is 11.0. The molecule has 0 N–H and O–H groups in total. The molecule has 1 heterocycles. The van der Waals surface area contributed by atoms with Gasteiger partial charge in [0.2, 0.25) is 0 Å². The molecule has 0 amide bonds. The summed E-state index contributed by atoms with van der Waals surface area (Å²) in [5.74, 6) is 0. The number of nitro groups is 1. The minimum absolute atomic E-state index is 0.0153. The molecule has 0 spiro atoms. The van der Waals surface area contributed by atoms with Crippen LogP contribution in [0.15, 0.2) is 42.5 Å². The summed E-state index contributed by atoms with van der Waals surface area (Å²) in [6.45, 7) is 0. The average Bonchev–Trinajstić information content (AvgIpc) is 2.91. The Hall–Kier alpha value is -2.22. The first-order chi connectivity index (χ1) is 13.0. The Morgan fingerprint density at radius 2 is 1.54 bits per heavy atom. The molecule has 1 aromatic heterocycles. The Morgan fingerprint density at radius 1 is 0.964 bits per heavy atom. The molecule has 10 heteroatoms. The first kappa shape index (κ1) is 20.5. The molecule has 146 valence electrons. The lowest BCUT2D eigenvalue weighted by molar-refractivity contribution is -0.383. The van der Waals surface area contributed by atoms with Gasteiger partial charge in [0.1, 0.15) is 11.4 Å². The Kier molecular flexibility index (Phi) is 5.36. The van der Waals surface area contributed by atoms with Gasteiger partial charge in [0.05, 0.1) is 20.5 Å². The molecule has 28 heavy (non-hydrogen) atoms. The molecule has 3 aromatic rings. The maximum Gasteiger partial charge on any atom is 0.432 e. The average molecular weight is 450 g/mol. The fourth-order valence-corrected chi connectivity index (χ4v) is 3.47. The number of hydrogen-bond donors (Lipinski definition) is 0. The van der Waals surface area contributed by atoms with Gasteiger partial charge in [-0.25, -0.2) is 0 Å². The van der Waals surface area contributed by atoms with E-state index in [2.05, 4.69) is 0 Å². The zero-order chi connectivity index (χ0) is 20.8. The molecular formula is C18H10Cl3F3N2O2. The van der Waals surface area contributed by atoms with Gasteiger partial charge in [0.15, 0.2) is 0 Å². The smallest absolute Gasteiger partial charge is 0.334 e. The van der Waals surface area contributed by atoms with E-state index in [-0.39, 0.29) is 26.9 Å². The van der Waals surface area contributed by atoms with Crippen LogP contribution in [-0.4, -0.2) is 9.49 Å². The topological polar surface area (TPSA) is 48.1 Å². The number of benzene rings is 2. The van der Waals surface area contributed by atoms with Crippen molar-refractivity contribution in [3.63, 3.8) is 0 Å². The van der Waals surface area contributed by atoms with Gasteiger partial charge in [-0.15, -0.1) is 0 Å². The number of rotatable bonds is 3. The lowest BCUT2D eigenvalue weighted by atomic mass is 10.0. The number of hydrogen-bond acceptors (Lipinski definition) is 2. The highest BCUT2D eigenvalue weighted by molar-refractivity contribution is 6.42. The molecule has 4 nitrogen and oxygen atoms in total. The predicted octanol–water partition coefficient (Wildman–Crippen LogP) is 7.25. The van der Waals surface area contributed by atoms with Crippen LogP contribution in [0, 0.1) is 10.1 Å². The van der Waals surface area contributed by atoms with E-state index in [0.29, 0.717) is 5.02 Å². The van der Waals surface area contributed by atoms with Crippen LogP contribution in [0.1, 0.15) is 5.69 Å². The van der Waals surface area contributed by atoms with Crippen molar-refractivity contribution in [1.29, 1.82) is 0 Å². The normalized spacial score (nSPS) is 11.7. The molecule has 0 aliphatic carbocycles. The van der Waals surface area contributed by atoms with Gasteiger partial charge in [0.25, 0.3) is 0 Å². The molecule has 0 radical (unpaired) electrons. The second-order valence-electron chi connectivity index (χ2n) is 5.87. The maximum atomic E-state index is 13.9. The van der Waals surface area contributed by atoms with E-state index in [1.807, 2.05) is 0 Å². The quantitative estimate of drug-likeness (QED) is 0.312. The van der Waals surface area contributed by atoms with Crippen molar-refractivity contribution in [2.75, 3.05) is 0 Å². The highest BCUT2D eigenvalue weighted by Gasteiger charge is 2.44. The Morgan fingerprint density at radius 3 is 2.04 bits per heavy atom. The van der Waals surface area contributed by atoms with E-state index in [1.165, 1.54) is 42.5 Å². The highest BCUT2D eigenvalue weighted by atomic mass is 35.5. The molecule has 3 rings (SSSR count). The minimum atomic E-state index is -4.86. The zero-order valence-corrected chi connectivity index (χ0v) is 16.3. The van der Waals surface area contributed by atoms with E-state index >= 15 is 0 Å². The molecule has 0 fully saturated rings. The molecule has 2 aromatic carbocycles. The molecule has 0 aliphatic rings. The van der Waals surface area contributed by atoms with E-state index < -0.39 is 28.0 Å². The summed E-state index contributed by atoms with van der Waals surface area (Å²) in [6, 6.07) is 9.45. The van der Waals surface area contributed by atoms with Crippen molar-refractivity contribution in [2.24, 2.45) is 7.05 Å². The van der Waals surface area contributed by atoms with Gasteiger partial charge in [-0.1, -0.05) is 53.0 Å². The summed E-state index contributed by atoms with van der Waals surface area (Å²) in [5, 5.41) is 12.3. The van der Waals surface area contributed by atoms with Gasteiger partial charge in [-0.3, -0.25) is 10.1 Å². The fraction of sp³-hybridized carbons (Fsp3) is 0.111. The molecule has 0 bridgehead atoms. The minimum Gasteiger partial charge on any atom is -0.334 e. The van der Waals surface area contributed by atoms with Crippen molar-refractivity contribution in [3.05, 3.63) is 73.3 Å². The van der Waals surface area contributed by atoms with Crippen LogP contribution < -0.4 is 0 Å². The third-order valence-corrected chi connectivity index (χ3v) is 5.14. The maximum absolute atomic E-state index is 13.9. The summed E-state index contributed by atoms with van der Waals surface area (Å²) >= 11 is 17.6. The lowest BCUT2D eigenvalue weighted by Gasteiger charge is -2.12. The van der Waals surface area contributed by atoms with Crippen LogP contribution >= 0.6 is 34.8 Å². The van der Waals surface area contributed by atoms with Gasteiger partial charge in [-0.05, 0) is 29.8 Å². The van der Waals surface area contributed by atoms with E-state index in [1.54, 1.807) is 0 Å². The SMILES string of the molecule is Cn1c(-c2ccc(Cl)cc2)c([N+](=O)[O-])c(-c2ccc(Cl)c(Cl)c2)c1C(F)(F)F. The number of alkyl halides is 3.